The van der Waals surface area contributed by atoms with Crippen molar-refractivity contribution in [1.29, 1.82) is 0 Å². The first-order chi connectivity index (χ1) is 25.2. The van der Waals surface area contributed by atoms with Gasteiger partial charge in [-0.25, -0.2) is 0 Å². The Kier molecular flexibility index (Phi) is 7.67. The van der Waals surface area contributed by atoms with Crippen LogP contribution in [-0.4, -0.2) is 62.8 Å². The maximum Gasteiger partial charge on any atom is 0.113 e. The summed E-state index contributed by atoms with van der Waals surface area (Å²) in [6.45, 7) is 0. The summed E-state index contributed by atoms with van der Waals surface area (Å²) in [7, 11) is 54.9. The van der Waals surface area contributed by atoms with Crippen molar-refractivity contribution in [2.24, 2.45) is 0 Å². The molecule has 9 rings (SSSR count). The lowest BCUT2D eigenvalue weighted by atomic mass is 9.59. The minimum Gasteiger partial charge on any atom is -0.110 e. The molecule has 0 N–H and O–H groups in total. The Hall–Kier alpha value is -5.20. The van der Waals surface area contributed by atoms with Crippen molar-refractivity contribution in [3.63, 3.8) is 0 Å². The highest BCUT2D eigenvalue weighted by molar-refractivity contribution is 6.71. The van der Waals surface area contributed by atoms with Gasteiger partial charge in [-0.05, 0) is 105 Å². The molecule has 0 heterocycles. The van der Waals surface area contributed by atoms with Gasteiger partial charge in [-0.3, -0.25) is 0 Å². The Balaban J connectivity index is 1.51. The van der Waals surface area contributed by atoms with Crippen LogP contribution < -0.4 is 43.7 Å². The molecule has 0 saturated carbocycles. The van der Waals surface area contributed by atoms with E-state index in [4.69, 9.17) is 62.8 Å². The van der Waals surface area contributed by atoms with Crippen LogP contribution in [0.4, 0.5) is 0 Å². The van der Waals surface area contributed by atoms with Crippen molar-refractivity contribution in [3.8, 4) is 33.4 Å². The van der Waals surface area contributed by atoms with E-state index >= 15 is 0 Å². The van der Waals surface area contributed by atoms with Crippen LogP contribution in [0.3, 0.4) is 0 Å². The Labute approximate surface area is 313 Å². The van der Waals surface area contributed by atoms with Crippen molar-refractivity contribution in [2.45, 2.75) is 0 Å². The highest BCUT2D eigenvalue weighted by Crippen LogP contribution is 2.44. The van der Waals surface area contributed by atoms with E-state index in [1.807, 2.05) is 48.5 Å². The lowest BCUT2D eigenvalue weighted by molar-refractivity contribution is 1.64. The summed E-state index contributed by atoms with van der Waals surface area (Å²) in [5.41, 5.74) is 6.87. The first-order valence-corrected chi connectivity index (χ1v) is 16.9. The predicted molar refractivity (Wildman–Crippen MR) is 233 cm³/mol. The third kappa shape index (κ3) is 4.73. The third-order valence-corrected chi connectivity index (χ3v) is 10.6. The molecule has 0 aliphatic carbocycles. The summed E-state index contributed by atoms with van der Waals surface area (Å²) in [5, 5.41) is 8.81. The molecule has 0 aromatic heterocycles. The zero-order valence-corrected chi connectivity index (χ0v) is 28.2. The Morgan fingerprint density at radius 1 is 0.269 bits per heavy atom. The van der Waals surface area contributed by atoms with Crippen LogP contribution in [0.5, 0.6) is 0 Å². The fraction of sp³-hybridized carbons (Fsp3) is 0. The maximum atomic E-state index is 7.06. The molecular weight excluding hydrogens is 615 g/mol. The fourth-order valence-corrected chi connectivity index (χ4v) is 7.99. The zero-order chi connectivity index (χ0) is 36.0. The minimum absolute atomic E-state index is 0.181. The van der Waals surface area contributed by atoms with Crippen LogP contribution in [0.2, 0.25) is 0 Å². The summed E-state index contributed by atoms with van der Waals surface area (Å²) >= 11 is 0. The zero-order valence-electron chi connectivity index (χ0n) is 28.2. The van der Waals surface area contributed by atoms with Crippen molar-refractivity contribution >= 4 is 160 Å². The van der Waals surface area contributed by atoms with Gasteiger partial charge in [0.05, 0.1) is 0 Å². The number of benzene rings is 9. The molecule has 0 aliphatic rings. The van der Waals surface area contributed by atoms with Gasteiger partial charge in [0.15, 0.2) is 0 Å². The van der Waals surface area contributed by atoms with Crippen LogP contribution in [0.1, 0.15) is 0 Å². The highest BCUT2D eigenvalue weighted by atomic mass is 14.3. The van der Waals surface area contributed by atoms with Crippen LogP contribution in [-0.2, 0) is 0 Å². The van der Waals surface area contributed by atoms with Crippen molar-refractivity contribution in [2.75, 3.05) is 0 Å². The lowest BCUT2D eigenvalue weighted by Gasteiger charge is -2.29. The van der Waals surface area contributed by atoms with Gasteiger partial charge in [0, 0.05) is 0 Å². The van der Waals surface area contributed by atoms with Crippen molar-refractivity contribution < 1.29 is 0 Å². The van der Waals surface area contributed by atoms with Crippen LogP contribution in [0.15, 0.2) is 121 Å². The Bertz CT molecular complexity index is 2920. The summed E-state index contributed by atoms with van der Waals surface area (Å²) in [4.78, 5) is 0. The molecule has 0 aliphatic heterocycles. The molecule has 0 unspecified atom stereocenters. The first-order valence-electron chi connectivity index (χ1n) is 16.9. The van der Waals surface area contributed by atoms with Crippen molar-refractivity contribution in [3.05, 3.63) is 121 Å². The minimum atomic E-state index is 0.181. The molecule has 0 fully saturated rings. The van der Waals surface area contributed by atoms with E-state index in [1.54, 1.807) is 0 Å². The summed E-state index contributed by atoms with van der Waals surface area (Å²) in [5.74, 6) is 0. The van der Waals surface area contributed by atoms with Crippen LogP contribution >= 0.6 is 0 Å². The van der Waals surface area contributed by atoms with Gasteiger partial charge < -0.3 is 0 Å². The van der Waals surface area contributed by atoms with Crippen LogP contribution in [0, 0.1) is 0 Å². The van der Waals surface area contributed by atoms with Crippen LogP contribution in [0.25, 0.3) is 87.2 Å². The normalized spacial score (nSPS) is 11.7. The molecule has 9 aromatic carbocycles. The molecule has 0 nitrogen and oxygen atoms in total. The second-order valence-electron chi connectivity index (χ2n) is 13.4. The smallest absolute Gasteiger partial charge is 0.110 e. The van der Waals surface area contributed by atoms with E-state index in [0.717, 1.165) is 54.6 Å². The molecule has 220 valence electrons. The van der Waals surface area contributed by atoms with Crippen molar-refractivity contribution in [1.82, 2.24) is 0 Å². The molecule has 9 aromatic rings. The molecule has 0 amide bonds. The van der Waals surface area contributed by atoms with Gasteiger partial charge >= 0.3 is 0 Å². The quantitative estimate of drug-likeness (QED) is 0.159. The fourth-order valence-electron chi connectivity index (χ4n) is 7.99. The number of hydrogen-bond donors (Lipinski definition) is 0. The second kappa shape index (κ2) is 12.2. The van der Waals surface area contributed by atoms with Gasteiger partial charge in [-0.1, -0.05) is 125 Å². The molecule has 0 atom stereocenters. The number of rotatable bonds is 3. The molecule has 0 bridgehead atoms. The summed E-state index contributed by atoms with van der Waals surface area (Å²) < 4.78 is 0. The topological polar surface area (TPSA) is 0 Å². The Morgan fingerprint density at radius 3 is 1.35 bits per heavy atom. The molecule has 0 saturated heterocycles. The van der Waals surface area contributed by atoms with E-state index < -0.39 is 0 Å². The van der Waals surface area contributed by atoms with Gasteiger partial charge in [-0.2, -0.15) is 0 Å². The van der Waals surface area contributed by atoms with E-state index in [1.165, 1.54) is 0 Å². The molecule has 52 heavy (non-hydrogen) atoms. The second-order valence-corrected chi connectivity index (χ2v) is 13.4. The largest absolute Gasteiger partial charge is 0.113 e. The number of hydrogen-bond acceptors (Lipinski definition) is 0. The molecule has 16 radical (unpaired) electrons. The first kappa shape index (κ1) is 32.7. The highest BCUT2D eigenvalue weighted by Gasteiger charge is 2.26. The van der Waals surface area contributed by atoms with E-state index in [-0.39, 0.29) is 43.7 Å². The average Bonchev–Trinajstić information content (AvgIpc) is 3.19. The summed E-state index contributed by atoms with van der Waals surface area (Å²) in [6, 6.07) is 41.4. The van der Waals surface area contributed by atoms with E-state index in [9.17, 15) is 0 Å². The number of fused-ring (bicyclic) bond motifs is 6. The van der Waals surface area contributed by atoms with Gasteiger partial charge in [0.25, 0.3) is 0 Å². The SMILES string of the molecule is [B]c1c([B])c([B])c2c(-c3cc4ccccc4c4ccccc34)c3c([B])c([B])c([B])c([B])c3c(-c3cccc(-c4ccc5ccccc5c4)c3)c2c1[B]. The monoisotopic (exact) mass is 636 g/mol. The van der Waals surface area contributed by atoms with Gasteiger partial charge in [-0.15, -0.1) is 21.9 Å². The van der Waals surface area contributed by atoms with E-state index in [0.29, 0.717) is 32.7 Å². The van der Waals surface area contributed by atoms with Gasteiger partial charge in [0.1, 0.15) is 62.8 Å². The summed E-state index contributed by atoms with van der Waals surface area (Å²) in [6.07, 6.45) is 0. The lowest BCUT2D eigenvalue weighted by Crippen LogP contribution is -2.50. The molecule has 0 spiro atoms. The predicted octanol–water partition coefficient (Wildman–Crippen LogP) is 2.80. The van der Waals surface area contributed by atoms with E-state index in [2.05, 4.69) is 72.8 Å². The molecular formula is C44H20B8. The average molecular weight is 635 g/mol. The standard InChI is InChI=1S/C44H20B8/c45-37-33-31(26-12-7-11-23(19-26)24-17-16-21-8-1-2-9-22(21)18-24)34-36(40(48)44(52)42(50)38(34)46)32(35(33)39(47)43(51)41(37)49)30-20-25-10-3-4-13-27(25)28-14-5-6-15-29(28)30/h1-20H. The third-order valence-electron chi connectivity index (χ3n) is 10.6. The maximum absolute atomic E-state index is 7.06. The Morgan fingerprint density at radius 2 is 0.731 bits per heavy atom. The molecule has 8 heteroatoms. The van der Waals surface area contributed by atoms with Gasteiger partial charge in [0.2, 0.25) is 0 Å².